The third-order valence-electron chi connectivity index (χ3n) is 4.45. The van der Waals surface area contributed by atoms with Gasteiger partial charge in [0.25, 0.3) is 0 Å². The second kappa shape index (κ2) is 9.05. The molecular weight excluding hydrogens is 349 g/mol. The summed E-state index contributed by atoms with van der Waals surface area (Å²) >= 11 is 5.98. The minimum absolute atomic E-state index is 0. The number of benzene rings is 3. The Bertz CT molecular complexity index is 765. The molecule has 3 heteroatoms. The second-order valence-corrected chi connectivity index (χ2v) is 6.72. The summed E-state index contributed by atoms with van der Waals surface area (Å²) in [6, 6.07) is 27.3. The Morgan fingerprint density at radius 2 is 1.36 bits per heavy atom. The van der Waals surface area contributed by atoms with Gasteiger partial charge in [-0.15, -0.1) is 12.4 Å². The van der Waals surface area contributed by atoms with E-state index in [1.807, 2.05) is 18.2 Å². The van der Waals surface area contributed by atoms with Gasteiger partial charge < -0.3 is 5.73 Å². The predicted molar refractivity (Wildman–Crippen MR) is 111 cm³/mol. The first kappa shape index (κ1) is 19.5. The van der Waals surface area contributed by atoms with Crippen molar-refractivity contribution in [3.8, 4) is 11.1 Å². The molecule has 0 amide bonds. The van der Waals surface area contributed by atoms with Crippen LogP contribution in [0.1, 0.15) is 24.0 Å². The molecule has 25 heavy (non-hydrogen) atoms. The van der Waals surface area contributed by atoms with E-state index < -0.39 is 0 Å². The van der Waals surface area contributed by atoms with E-state index in [2.05, 4.69) is 67.6 Å². The molecule has 0 saturated carbocycles. The Morgan fingerprint density at radius 1 is 0.800 bits per heavy atom. The summed E-state index contributed by atoms with van der Waals surface area (Å²) in [6.07, 6.45) is 0.916. The number of hydrogen-bond donors (Lipinski definition) is 1. The molecule has 1 nitrogen and oxygen atoms in total. The third kappa shape index (κ3) is 5.09. The van der Waals surface area contributed by atoms with Gasteiger partial charge in [0, 0.05) is 17.0 Å². The minimum atomic E-state index is 0. The molecule has 0 saturated heterocycles. The molecule has 130 valence electrons. The Morgan fingerprint density at radius 3 is 1.92 bits per heavy atom. The lowest BCUT2D eigenvalue weighted by Crippen LogP contribution is -2.26. The van der Waals surface area contributed by atoms with E-state index in [4.69, 9.17) is 17.3 Å². The van der Waals surface area contributed by atoms with Crippen LogP contribution < -0.4 is 5.73 Å². The van der Waals surface area contributed by atoms with Gasteiger partial charge in [-0.1, -0.05) is 78.3 Å². The van der Waals surface area contributed by atoms with Gasteiger partial charge in [-0.05, 0) is 47.7 Å². The molecule has 2 unspecified atom stereocenters. The van der Waals surface area contributed by atoms with Crippen LogP contribution in [0.15, 0.2) is 78.9 Å². The Labute approximate surface area is 161 Å². The van der Waals surface area contributed by atoms with Crippen molar-refractivity contribution in [2.75, 3.05) is 0 Å². The van der Waals surface area contributed by atoms with Gasteiger partial charge in [-0.25, -0.2) is 0 Å². The van der Waals surface area contributed by atoms with Gasteiger partial charge in [0.05, 0.1) is 0 Å². The first-order valence-corrected chi connectivity index (χ1v) is 8.66. The summed E-state index contributed by atoms with van der Waals surface area (Å²) < 4.78 is 0. The van der Waals surface area contributed by atoms with Crippen LogP contribution in [0.2, 0.25) is 5.02 Å². The van der Waals surface area contributed by atoms with E-state index in [1.165, 1.54) is 22.3 Å². The van der Waals surface area contributed by atoms with Crippen LogP contribution in [0.3, 0.4) is 0 Å². The van der Waals surface area contributed by atoms with Gasteiger partial charge in [0.1, 0.15) is 0 Å². The van der Waals surface area contributed by atoms with Crippen LogP contribution in [-0.2, 0) is 6.42 Å². The number of hydrogen-bond acceptors (Lipinski definition) is 1. The van der Waals surface area contributed by atoms with Crippen molar-refractivity contribution in [1.82, 2.24) is 0 Å². The predicted octanol–water partition coefficient (Wildman–Crippen LogP) is 6.10. The molecule has 3 rings (SSSR count). The lowest BCUT2D eigenvalue weighted by molar-refractivity contribution is 0.565. The zero-order valence-electron chi connectivity index (χ0n) is 14.2. The molecule has 0 aliphatic heterocycles. The van der Waals surface area contributed by atoms with Crippen LogP contribution in [0.5, 0.6) is 0 Å². The molecule has 0 bridgehead atoms. The molecule has 3 aromatic rings. The van der Waals surface area contributed by atoms with Crippen molar-refractivity contribution in [2.24, 2.45) is 5.73 Å². The maximum Gasteiger partial charge on any atom is 0.0406 e. The zero-order chi connectivity index (χ0) is 16.9. The minimum Gasteiger partial charge on any atom is -0.327 e. The van der Waals surface area contributed by atoms with E-state index in [-0.39, 0.29) is 24.4 Å². The quantitative estimate of drug-likeness (QED) is 0.575. The van der Waals surface area contributed by atoms with E-state index in [0.717, 1.165) is 11.4 Å². The Hall–Kier alpha value is -1.80. The number of nitrogens with two attached hydrogens (primary N) is 1. The lowest BCUT2D eigenvalue weighted by atomic mass is 9.86. The summed E-state index contributed by atoms with van der Waals surface area (Å²) in [4.78, 5) is 0. The lowest BCUT2D eigenvalue weighted by Gasteiger charge is -2.22. The van der Waals surface area contributed by atoms with E-state index in [9.17, 15) is 0 Å². The van der Waals surface area contributed by atoms with Crippen molar-refractivity contribution < 1.29 is 0 Å². The maximum atomic E-state index is 6.27. The molecule has 2 atom stereocenters. The summed E-state index contributed by atoms with van der Waals surface area (Å²) in [6.45, 7) is 2.08. The van der Waals surface area contributed by atoms with E-state index >= 15 is 0 Å². The van der Waals surface area contributed by atoms with Gasteiger partial charge in [-0.2, -0.15) is 0 Å². The Kier molecular flexibility index (Phi) is 7.07. The summed E-state index contributed by atoms with van der Waals surface area (Å²) in [7, 11) is 0. The van der Waals surface area contributed by atoms with Crippen LogP contribution in [0, 0.1) is 0 Å². The molecule has 0 aliphatic rings. The molecule has 0 fully saturated rings. The Balaban J connectivity index is 0.00000225. The summed E-state index contributed by atoms with van der Waals surface area (Å²) in [5.74, 6) is 0.288. The molecule has 0 spiro atoms. The van der Waals surface area contributed by atoms with Gasteiger partial charge >= 0.3 is 0 Å². The highest BCUT2D eigenvalue weighted by atomic mass is 35.5. The molecular formula is C22H23Cl2N. The van der Waals surface area contributed by atoms with Gasteiger partial charge in [-0.3, -0.25) is 0 Å². The second-order valence-electron chi connectivity index (χ2n) is 6.28. The van der Waals surface area contributed by atoms with Crippen molar-refractivity contribution in [3.63, 3.8) is 0 Å². The topological polar surface area (TPSA) is 26.0 Å². The molecule has 0 aromatic heterocycles. The van der Waals surface area contributed by atoms with Crippen molar-refractivity contribution in [1.29, 1.82) is 0 Å². The highest BCUT2D eigenvalue weighted by Crippen LogP contribution is 2.27. The fourth-order valence-corrected chi connectivity index (χ4v) is 3.16. The van der Waals surface area contributed by atoms with Crippen LogP contribution in [0.25, 0.3) is 11.1 Å². The van der Waals surface area contributed by atoms with Crippen LogP contribution in [0.4, 0.5) is 0 Å². The first-order valence-electron chi connectivity index (χ1n) is 8.29. The summed E-state index contributed by atoms with van der Waals surface area (Å²) in [5.41, 5.74) is 11.3. The largest absolute Gasteiger partial charge is 0.327 e. The first-order chi connectivity index (χ1) is 11.6. The molecule has 3 aromatic carbocycles. The number of rotatable bonds is 5. The van der Waals surface area contributed by atoms with E-state index in [1.54, 1.807) is 0 Å². The van der Waals surface area contributed by atoms with Crippen molar-refractivity contribution in [3.05, 3.63) is 95.0 Å². The van der Waals surface area contributed by atoms with Crippen molar-refractivity contribution >= 4 is 24.0 Å². The average molecular weight is 372 g/mol. The number of halogens is 2. The average Bonchev–Trinajstić information content (AvgIpc) is 2.62. The molecule has 0 heterocycles. The van der Waals surface area contributed by atoms with Gasteiger partial charge in [0.15, 0.2) is 0 Å². The molecule has 0 aliphatic carbocycles. The third-order valence-corrected chi connectivity index (χ3v) is 4.70. The highest BCUT2D eigenvalue weighted by molar-refractivity contribution is 6.30. The summed E-state index contributed by atoms with van der Waals surface area (Å²) in [5, 5.41) is 0.767. The van der Waals surface area contributed by atoms with Gasteiger partial charge in [0.2, 0.25) is 0 Å². The van der Waals surface area contributed by atoms with E-state index in [0.29, 0.717) is 0 Å². The maximum absolute atomic E-state index is 6.27. The fourth-order valence-electron chi connectivity index (χ4n) is 3.04. The zero-order valence-corrected chi connectivity index (χ0v) is 15.8. The van der Waals surface area contributed by atoms with Crippen LogP contribution >= 0.6 is 24.0 Å². The van der Waals surface area contributed by atoms with Crippen LogP contribution in [-0.4, -0.2) is 6.04 Å². The SMILES string of the molecule is CC(N)C(Cc1ccc(Cl)cc1)c1ccc(-c2ccccc2)cc1.Cl. The smallest absolute Gasteiger partial charge is 0.0406 e. The van der Waals surface area contributed by atoms with Crippen molar-refractivity contribution in [2.45, 2.75) is 25.3 Å². The standard InChI is InChI=1S/C22H22ClN.ClH/c1-16(24)22(15-17-7-13-21(23)14-8-17)20-11-9-19(10-12-20)18-5-3-2-4-6-18;/h2-14,16,22H,15,24H2,1H3;1H. The monoisotopic (exact) mass is 371 g/mol. The molecule has 0 radical (unpaired) electrons. The fraction of sp³-hybridized carbons (Fsp3) is 0.182. The highest BCUT2D eigenvalue weighted by Gasteiger charge is 2.17. The normalized spacial score (nSPS) is 12.9. The molecule has 2 N–H and O–H groups in total.